The van der Waals surface area contributed by atoms with Crippen LogP contribution in [0.4, 0.5) is 10.2 Å². The van der Waals surface area contributed by atoms with Gasteiger partial charge in [-0.05, 0) is 37.0 Å². The number of carbonyl (C=O) groups excluding carboxylic acids is 1. The second-order valence-electron chi connectivity index (χ2n) is 7.97. The van der Waals surface area contributed by atoms with E-state index in [4.69, 9.17) is 9.26 Å². The molecule has 0 aliphatic carbocycles. The van der Waals surface area contributed by atoms with Gasteiger partial charge in [0.2, 0.25) is 0 Å². The number of piperidine rings is 1. The molecule has 0 saturated carbocycles. The van der Waals surface area contributed by atoms with Crippen molar-refractivity contribution < 1.29 is 18.4 Å². The van der Waals surface area contributed by atoms with Crippen molar-refractivity contribution in [2.75, 3.05) is 39.2 Å². The molecular formula is C22H26FN5O3. The zero-order valence-corrected chi connectivity index (χ0v) is 17.9. The van der Waals surface area contributed by atoms with Gasteiger partial charge >= 0.3 is 0 Å². The summed E-state index contributed by atoms with van der Waals surface area (Å²) in [6, 6.07) is 4.37. The van der Waals surface area contributed by atoms with E-state index in [0.29, 0.717) is 41.7 Å². The molecule has 1 aliphatic heterocycles. The molecule has 1 unspecified atom stereocenters. The van der Waals surface area contributed by atoms with Crippen LogP contribution in [0.15, 0.2) is 41.4 Å². The van der Waals surface area contributed by atoms with E-state index in [1.807, 2.05) is 29.8 Å². The van der Waals surface area contributed by atoms with E-state index >= 15 is 0 Å². The summed E-state index contributed by atoms with van der Waals surface area (Å²) in [6.45, 7) is 2.13. The molecule has 31 heavy (non-hydrogen) atoms. The molecule has 3 aromatic rings. The first-order valence-electron chi connectivity index (χ1n) is 10.2. The molecule has 0 spiro atoms. The predicted octanol–water partition coefficient (Wildman–Crippen LogP) is 3.30. The minimum Gasteiger partial charge on any atom is -0.494 e. The first-order chi connectivity index (χ1) is 15.0. The fourth-order valence-electron chi connectivity index (χ4n) is 4.03. The van der Waals surface area contributed by atoms with Crippen LogP contribution in [0, 0.1) is 11.7 Å². The summed E-state index contributed by atoms with van der Waals surface area (Å²) in [5.41, 5.74) is 0.913. The Bertz CT molecular complexity index is 1050. The molecular weight excluding hydrogens is 401 g/mol. The maximum atomic E-state index is 13.9. The van der Waals surface area contributed by atoms with Gasteiger partial charge in [0.05, 0.1) is 13.4 Å². The van der Waals surface area contributed by atoms with Gasteiger partial charge in [-0.15, -0.1) is 0 Å². The van der Waals surface area contributed by atoms with Gasteiger partial charge in [0.15, 0.2) is 23.1 Å². The lowest BCUT2D eigenvalue weighted by Gasteiger charge is -2.33. The van der Waals surface area contributed by atoms with Crippen LogP contribution < -0.4 is 9.64 Å². The first kappa shape index (κ1) is 20.9. The zero-order valence-electron chi connectivity index (χ0n) is 17.9. The van der Waals surface area contributed by atoms with Crippen LogP contribution >= 0.6 is 0 Å². The lowest BCUT2D eigenvalue weighted by atomic mass is 9.96. The molecule has 1 aliphatic rings. The van der Waals surface area contributed by atoms with Gasteiger partial charge < -0.3 is 23.6 Å². The standard InChI is InChI=1S/C22H26FN5O3/c1-26(2)21-19(20(31-25-21)16-6-7-17(23)18(11-16)30-3)22(29)28-9-4-5-15(13-28)12-27-10-8-24-14-27/h6-8,10-11,14-15H,4-5,9,12-13H2,1-3H3. The van der Waals surface area contributed by atoms with E-state index in [1.165, 1.54) is 19.2 Å². The normalized spacial score (nSPS) is 16.4. The lowest BCUT2D eigenvalue weighted by molar-refractivity contribution is 0.0663. The van der Waals surface area contributed by atoms with Crippen LogP contribution in [0.3, 0.4) is 0 Å². The van der Waals surface area contributed by atoms with Crippen molar-refractivity contribution in [1.82, 2.24) is 19.6 Å². The van der Waals surface area contributed by atoms with E-state index in [1.54, 1.807) is 23.5 Å². The third-order valence-corrected chi connectivity index (χ3v) is 5.56. The van der Waals surface area contributed by atoms with E-state index < -0.39 is 5.82 Å². The summed E-state index contributed by atoms with van der Waals surface area (Å²) in [4.78, 5) is 21.3. The van der Waals surface area contributed by atoms with Crippen molar-refractivity contribution in [3.05, 3.63) is 48.3 Å². The van der Waals surface area contributed by atoms with E-state index in [2.05, 4.69) is 10.1 Å². The summed E-state index contributed by atoms with van der Waals surface area (Å²) in [5.74, 6) is 0.549. The smallest absolute Gasteiger partial charge is 0.261 e. The van der Waals surface area contributed by atoms with Gasteiger partial charge in [0.1, 0.15) is 5.56 Å². The number of rotatable bonds is 6. The number of methoxy groups -OCH3 is 1. The van der Waals surface area contributed by atoms with Crippen LogP contribution in [0.5, 0.6) is 5.75 Å². The third-order valence-electron chi connectivity index (χ3n) is 5.56. The monoisotopic (exact) mass is 427 g/mol. The Morgan fingerprint density at radius 2 is 2.23 bits per heavy atom. The minimum atomic E-state index is -0.482. The second-order valence-corrected chi connectivity index (χ2v) is 7.97. The van der Waals surface area contributed by atoms with E-state index in [-0.39, 0.29) is 11.7 Å². The fourth-order valence-corrected chi connectivity index (χ4v) is 4.03. The minimum absolute atomic E-state index is 0.0806. The quantitative estimate of drug-likeness (QED) is 0.601. The number of carbonyl (C=O) groups is 1. The van der Waals surface area contributed by atoms with Gasteiger partial charge in [0.25, 0.3) is 5.91 Å². The van der Waals surface area contributed by atoms with Gasteiger partial charge in [-0.1, -0.05) is 5.16 Å². The van der Waals surface area contributed by atoms with Crippen LogP contribution in [-0.4, -0.2) is 59.8 Å². The number of halogens is 1. The lowest BCUT2D eigenvalue weighted by Crippen LogP contribution is -2.41. The number of benzene rings is 1. The Labute approximate surface area is 180 Å². The largest absolute Gasteiger partial charge is 0.494 e. The molecule has 4 rings (SSSR count). The van der Waals surface area contributed by atoms with Gasteiger partial charge in [-0.3, -0.25) is 4.79 Å². The molecule has 8 nitrogen and oxygen atoms in total. The maximum absolute atomic E-state index is 13.9. The average Bonchev–Trinajstić information content (AvgIpc) is 3.44. The van der Waals surface area contributed by atoms with Gasteiger partial charge in [-0.2, -0.15) is 0 Å². The Balaban J connectivity index is 1.64. The first-order valence-corrected chi connectivity index (χ1v) is 10.2. The van der Waals surface area contributed by atoms with Crippen LogP contribution in [0.25, 0.3) is 11.3 Å². The number of aromatic nitrogens is 3. The Morgan fingerprint density at radius 3 is 2.94 bits per heavy atom. The van der Waals surface area contributed by atoms with Crippen LogP contribution in [0.1, 0.15) is 23.2 Å². The summed E-state index contributed by atoms with van der Waals surface area (Å²) in [5, 5.41) is 4.12. The molecule has 1 amide bonds. The number of likely N-dealkylation sites (tertiary alicyclic amines) is 1. The number of hydrogen-bond donors (Lipinski definition) is 0. The molecule has 1 atom stereocenters. The van der Waals surface area contributed by atoms with Crippen molar-refractivity contribution in [1.29, 1.82) is 0 Å². The molecule has 3 heterocycles. The Morgan fingerprint density at radius 1 is 1.39 bits per heavy atom. The van der Waals surface area contributed by atoms with Crippen molar-refractivity contribution >= 4 is 11.7 Å². The van der Waals surface area contributed by atoms with E-state index in [0.717, 1.165) is 19.4 Å². The SMILES string of the molecule is COc1cc(-c2onc(N(C)C)c2C(=O)N2CCCC(Cn3ccnc3)C2)ccc1F. The molecule has 0 radical (unpaired) electrons. The highest BCUT2D eigenvalue weighted by atomic mass is 19.1. The highest BCUT2D eigenvalue weighted by molar-refractivity contribution is 6.04. The van der Waals surface area contributed by atoms with Crippen molar-refractivity contribution in [3.63, 3.8) is 0 Å². The molecule has 1 saturated heterocycles. The molecule has 1 fully saturated rings. The van der Waals surface area contributed by atoms with Crippen LogP contribution in [-0.2, 0) is 6.54 Å². The van der Waals surface area contributed by atoms with Crippen molar-refractivity contribution in [3.8, 4) is 17.1 Å². The Hall–Kier alpha value is -3.36. The van der Waals surface area contributed by atoms with Crippen molar-refractivity contribution in [2.45, 2.75) is 19.4 Å². The van der Waals surface area contributed by atoms with Gasteiger partial charge in [-0.25, -0.2) is 9.37 Å². The number of anilines is 1. The average molecular weight is 427 g/mol. The summed E-state index contributed by atoms with van der Waals surface area (Å²) < 4.78 is 26.6. The fraction of sp³-hybridized carbons (Fsp3) is 0.409. The molecule has 0 bridgehead atoms. The number of nitrogens with zero attached hydrogens (tertiary/aromatic N) is 5. The summed E-state index contributed by atoms with van der Waals surface area (Å²) >= 11 is 0. The topological polar surface area (TPSA) is 76.6 Å². The van der Waals surface area contributed by atoms with Gasteiger partial charge in [0, 0.05) is 51.7 Å². The third kappa shape index (κ3) is 4.26. The number of hydrogen-bond acceptors (Lipinski definition) is 6. The van der Waals surface area contributed by atoms with Crippen LogP contribution in [0.2, 0.25) is 0 Å². The zero-order chi connectivity index (χ0) is 22.0. The Kier molecular flexibility index (Phi) is 5.92. The van der Waals surface area contributed by atoms with E-state index in [9.17, 15) is 9.18 Å². The highest BCUT2D eigenvalue weighted by Crippen LogP contribution is 2.35. The molecule has 9 heteroatoms. The molecule has 0 N–H and O–H groups in total. The molecule has 2 aromatic heterocycles. The predicted molar refractivity (Wildman–Crippen MR) is 114 cm³/mol. The van der Waals surface area contributed by atoms with Crippen molar-refractivity contribution in [2.24, 2.45) is 5.92 Å². The number of imidazole rings is 1. The summed E-state index contributed by atoms with van der Waals surface area (Å²) in [6.07, 6.45) is 7.47. The highest BCUT2D eigenvalue weighted by Gasteiger charge is 2.32. The summed E-state index contributed by atoms with van der Waals surface area (Å²) in [7, 11) is 5.01. The second kappa shape index (κ2) is 8.79. The molecule has 1 aromatic carbocycles. The molecule has 164 valence electrons. The number of amides is 1. The maximum Gasteiger partial charge on any atom is 0.261 e. The number of ether oxygens (including phenoxy) is 1.